The number of hydrogen-bond donors (Lipinski definition) is 1. The predicted molar refractivity (Wildman–Crippen MR) is 99.4 cm³/mol. The van der Waals surface area contributed by atoms with E-state index in [0.717, 1.165) is 5.69 Å². The maximum Gasteiger partial charge on any atom is 0.387 e. The molecule has 0 aliphatic carbocycles. The van der Waals surface area contributed by atoms with E-state index in [1.807, 2.05) is 6.92 Å². The van der Waals surface area contributed by atoms with E-state index in [-0.39, 0.29) is 11.7 Å². The third-order valence-corrected chi connectivity index (χ3v) is 4.43. The van der Waals surface area contributed by atoms with Crippen LogP contribution >= 0.6 is 11.6 Å². The third-order valence-electron chi connectivity index (χ3n) is 4.11. The smallest absolute Gasteiger partial charge is 0.387 e. The number of H-pyrrole nitrogens is 1. The lowest BCUT2D eigenvalue weighted by Crippen LogP contribution is -2.28. The first-order chi connectivity index (χ1) is 13.4. The highest BCUT2D eigenvalue weighted by Crippen LogP contribution is 2.23. The number of ether oxygens (including phenoxy) is 1. The minimum absolute atomic E-state index is 0.0507. The molecule has 0 spiro atoms. The van der Waals surface area contributed by atoms with Gasteiger partial charge in [-0.25, -0.2) is 0 Å². The Kier molecular flexibility index (Phi) is 5.93. The van der Waals surface area contributed by atoms with Gasteiger partial charge in [-0.05, 0) is 37.3 Å². The van der Waals surface area contributed by atoms with Crippen molar-refractivity contribution >= 4 is 17.5 Å². The quantitative estimate of drug-likeness (QED) is 0.643. The minimum atomic E-state index is -2.88. The Labute approximate surface area is 164 Å². The van der Waals surface area contributed by atoms with Crippen LogP contribution in [0.1, 0.15) is 23.1 Å². The third kappa shape index (κ3) is 4.30. The normalized spacial score (nSPS) is 11.1. The number of carbonyl (C=O) groups is 1. The molecule has 0 bridgehead atoms. The number of aromatic amines is 1. The molecule has 10 heteroatoms. The van der Waals surface area contributed by atoms with Gasteiger partial charge in [-0.3, -0.25) is 14.6 Å². The molecular formula is C18H18ClF2N5O2. The van der Waals surface area contributed by atoms with E-state index in [2.05, 4.69) is 20.0 Å². The zero-order valence-corrected chi connectivity index (χ0v) is 16.0. The molecule has 0 saturated carbocycles. The van der Waals surface area contributed by atoms with Crippen LogP contribution < -0.4 is 4.74 Å². The van der Waals surface area contributed by atoms with E-state index in [1.165, 1.54) is 17.0 Å². The molecule has 0 aliphatic heterocycles. The summed E-state index contributed by atoms with van der Waals surface area (Å²) in [5.74, 6) is -0.217. The van der Waals surface area contributed by atoms with Gasteiger partial charge in [0, 0.05) is 19.2 Å². The van der Waals surface area contributed by atoms with E-state index in [4.69, 9.17) is 11.6 Å². The number of rotatable bonds is 7. The second kappa shape index (κ2) is 8.39. The average Bonchev–Trinajstić information content (AvgIpc) is 3.29. The average molecular weight is 410 g/mol. The Bertz CT molecular complexity index is 955. The summed E-state index contributed by atoms with van der Waals surface area (Å²) in [5.41, 5.74) is 2.21. The van der Waals surface area contributed by atoms with Crippen molar-refractivity contribution in [2.24, 2.45) is 0 Å². The van der Waals surface area contributed by atoms with Gasteiger partial charge >= 0.3 is 6.61 Å². The van der Waals surface area contributed by atoms with Gasteiger partial charge in [0.25, 0.3) is 5.91 Å². The Morgan fingerprint density at radius 1 is 1.36 bits per heavy atom. The summed E-state index contributed by atoms with van der Waals surface area (Å²) in [6.45, 7) is -0.00945. The highest BCUT2D eigenvalue weighted by Gasteiger charge is 2.19. The Balaban J connectivity index is 1.72. The molecule has 28 heavy (non-hydrogen) atoms. The number of hydrogen-bond acceptors (Lipinski definition) is 4. The van der Waals surface area contributed by atoms with Crippen LogP contribution in [-0.4, -0.2) is 44.4 Å². The van der Waals surface area contributed by atoms with Crippen molar-refractivity contribution in [2.75, 3.05) is 7.05 Å². The first-order valence-electron chi connectivity index (χ1n) is 8.45. The van der Waals surface area contributed by atoms with Crippen molar-refractivity contribution in [1.29, 1.82) is 0 Å². The molecule has 1 aromatic carbocycles. The van der Waals surface area contributed by atoms with Gasteiger partial charge in [0.15, 0.2) is 0 Å². The van der Waals surface area contributed by atoms with Gasteiger partial charge < -0.3 is 9.64 Å². The number of carbonyl (C=O) groups excluding carboxylic acids is 1. The highest BCUT2D eigenvalue weighted by molar-refractivity contribution is 6.31. The van der Waals surface area contributed by atoms with Crippen LogP contribution in [0.2, 0.25) is 5.02 Å². The summed E-state index contributed by atoms with van der Waals surface area (Å²) in [5, 5.41) is 11.5. The van der Waals surface area contributed by atoms with E-state index in [9.17, 15) is 13.6 Å². The summed E-state index contributed by atoms with van der Waals surface area (Å²) >= 11 is 6.15. The Morgan fingerprint density at radius 3 is 2.71 bits per heavy atom. The summed E-state index contributed by atoms with van der Waals surface area (Å²) in [6, 6.07) is 7.60. The van der Waals surface area contributed by atoms with Gasteiger partial charge in [0.2, 0.25) is 0 Å². The van der Waals surface area contributed by atoms with Gasteiger partial charge in [0.1, 0.15) is 11.4 Å². The molecule has 7 nitrogen and oxygen atoms in total. The topological polar surface area (TPSA) is 76.0 Å². The molecule has 0 radical (unpaired) electrons. The number of aryl methyl sites for hydroxylation is 1. The summed E-state index contributed by atoms with van der Waals surface area (Å²) in [7, 11) is 1.66. The number of amides is 1. The van der Waals surface area contributed by atoms with E-state index >= 15 is 0 Å². The van der Waals surface area contributed by atoms with Crippen LogP contribution in [-0.2, 0) is 13.1 Å². The van der Waals surface area contributed by atoms with Crippen LogP contribution in [0, 0.1) is 0 Å². The lowest BCUT2D eigenvalue weighted by atomic mass is 10.1. The fourth-order valence-corrected chi connectivity index (χ4v) is 2.91. The maximum absolute atomic E-state index is 12.7. The van der Waals surface area contributed by atoms with Crippen molar-refractivity contribution in [1.82, 2.24) is 24.9 Å². The number of nitrogens with zero attached hydrogens (tertiary/aromatic N) is 4. The Morgan fingerprint density at radius 2 is 2.07 bits per heavy atom. The fourth-order valence-electron chi connectivity index (χ4n) is 2.71. The molecule has 1 N–H and O–H groups in total. The van der Waals surface area contributed by atoms with Gasteiger partial charge in [0.05, 0.1) is 29.2 Å². The summed E-state index contributed by atoms with van der Waals surface area (Å²) in [6.07, 6.45) is 1.55. The largest absolute Gasteiger partial charge is 0.435 e. The first-order valence-corrected chi connectivity index (χ1v) is 8.83. The second-order valence-corrected chi connectivity index (χ2v) is 6.39. The molecule has 2 aromatic heterocycles. The molecule has 2 heterocycles. The zero-order chi connectivity index (χ0) is 20.3. The number of benzene rings is 1. The summed E-state index contributed by atoms with van der Waals surface area (Å²) < 4.78 is 30.5. The fraction of sp³-hybridized carbons (Fsp3) is 0.278. The molecule has 148 valence electrons. The first kappa shape index (κ1) is 19.8. The number of aromatic nitrogens is 4. The van der Waals surface area contributed by atoms with Crippen molar-refractivity contribution in [3.05, 3.63) is 52.9 Å². The standard InChI is InChI=1S/C18H18ClF2N5O2/c1-3-26-16(13(19)9-22-26)10-25(2)17(27)15-8-14(23-24-15)11-4-6-12(7-5-11)28-18(20)21/h4-9,18H,3,10H2,1-2H3,(H,23,24). The van der Waals surface area contributed by atoms with Crippen molar-refractivity contribution in [3.8, 4) is 17.0 Å². The number of halogens is 3. The van der Waals surface area contributed by atoms with Gasteiger partial charge in [-0.2, -0.15) is 19.0 Å². The van der Waals surface area contributed by atoms with Crippen molar-refractivity contribution in [3.63, 3.8) is 0 Å². The molecule has 0 saturated heterocycles. The van der Waals surface area contributed by atoms with Crippen molar-refractivity contribution in [2.45, 2.75) is 26.6 Å². The summed E-state index contributed by atoms with van der Waals surface area (Å²) in [4.78, 5) is 14.2. The van der Waals surface area contributed by atoms with Crippen molar-refractivity contribution < 1.29 is 18.3 Å². The highest BCUT2D eigenvalue weighted by atomic mass is 35.5. The molecule has 3 rings (SSSR count). The van der Waals surface area contributed by atoms with E-state index in [0.29, 0.717) is 35.1 Å². The maximum atomic E-state index is 12.7. The molecule has 0 atom stereocenters. The Hall–Kier alpha value is -2.94. The van der Waals surface area contributed by atoms with Crippen LogP contribution in [0.3, 0.4) is 0 Å². The molecule has 0 fully saturated rings. The second-order valence-electron chi connectivity index (χ2n) is 5.99. The SMILES string of the molecule is CCn1ncc(Cl)c1CN(C)C(=O)c1cc(-c2ccc(OC(F)F)cc2)n[nH]1. The van der Waals surface area contributed by atoms with Crippen LogP contribution in [0.5, 0.6) is 5.75 Å². The molecule has 0 unspecified atom stereocenters. The predicted octanol–water partition coefficient (Wildman–Crippen LogP) is 3.82. The monoisotopic (exact) mass is 409 g/mol. The van der Waals surface area contributed by atoms with Crippen LogP contribution in [0.25, 0.3) is 11.3 Å². The minimum Gasteiger partial charge on any atom is -0.435 e. The zero-order valence-electron chi connectivity index (χ0n) is 15.2. The van der Waals surface area contributed by atoms with E-state index in [1.54, 1.807) is 36.1 Å². The molecule has 0 aliphatic rings. The molecular weight excluding hydrogens is 392 g/mol. The van der Waals surface area contributed by atoms with E-state index < -0.39 is 6.61 Å². The van der Waals surface area contributed by atoms with Crippen LogP contribution in [0.4, 0.5) is 8.78 Å². The lowest BCUT2D eigenvalue weighted by Gasteiger charge is -2.17. The number of alkyl halides is 2. The molecule has 1 amide bonds. The van der Waals surface area contributed by atoms with Crippen LogP contribution in [0.15, 0.2) is 36.5 Å². The molecule has 3 aromatic rings. The lowest BCUT2D eigenvalue weighted by molar-refractivity contribution is -0.0498. The number of nitrogens with one attached hydrogen (secondary N) is 1. The van der Waals surface area contributed by atoms with Gasteiger partial charge in [-0.15, -0.1) is 0 Å². The van der Waals surface area contributed by atoms with Gasteiger partial charge in [-0.1, -0.05) is 11.6 Å².